The molecule has 0 aromatic heterocycles. The molecule has 0 aliphatic carbocycles. The first-order chi connectivity index (χ1) is 12.8. The van der Waals surface area contributed by atoms with Crippen molar-refractivity contribution in [2.75, 3.05) is 11.4 Å². The first-order valence-electron chi connectivity index (χ1n) is 9.32. The molecule has 4 nitrogen and oxygen atoms in total. The molecular weight excluding hydrogens is 341 g/mol. The SMILES string of the molecule is CCN1c2ccc(/C=N\NC(=O)c3ccc(F)cc3)cc2C(C)CC1(C)C. The molecule has 142 valence electrons. The molecule has 1 aliphatic rings. The van der Waals surface area contributed by atoms with E-state index in [9.17, 15) is 9.18 Å². The molecule has 5 heteroatoms. The molecule has 1 heterocycles. The average molecular weight is 367 g/mol. The molecule has 27 heavy (non-hydrogen) atoms. The largest absolute Gasteiger partial charge is 0.366 e. The summed E-state index contributed by atoms with van der Waals surface area (Å²) in [6.45, 7) is 9.98. The van der Waals surface area contributed by atoms with Crippen LogP contribution >= 0.6 is 0 Å². The van der Waals surface area contributed by atoms with Crippen molar-refractivity contribution in [2.45, 2.75) is 45.6 Å². The van der Waals surface area contributed by atoms with E-state index in [4.69, 9.17) is 0 Å². The van der Waals surface area contributed by atoms with Crippen molar-refractivity contribution < 1.29 is 9.18 Å². The maximum Gasteiger partial charge on any atom is 0.271 e. The summed E-state index contributed by atoms with van der Waals surface area (Å²) >= 11 is 0. The standard InChI is InChI=1S/C22H26FN3O/c1-5-26-20-11-6-16(12-19(20)15(2)13-22(26,3)4)14-24-25-21(27)17-7-9-18(23)10-8-17/h6-12,14-15H,5,13H2,1-4H3,(H,25,27)/b24-14-. The van der Waals surface area contributed by atoms with Gasteiger partial charge in [0, 0.05) is 23.3 Å². The summed E-state index contributed by atoms with van der Waals surface area (Å²) in [6, 6.07) is 11.7. The highest BCUT2D eigenvalue weighted by Crippen LogP contribution is 2.43. The number of hydrogen-bond acceptors (Lipinski definition) is 3. The van der Waals surface area contributed by atoms with Gasteiger partial charge in [0.2, 0.25) is 0 Å². The zero-order valence-corrected chi connectivity index (χ0v) is 16.3. The second kappa shape index (κ2) is 7.51. The van der Waals surface area contributed by atoms with Crippen molar-refractivity contribution in [2.24, 2.45) is 5.10 Å². The molecule has 0 radical (unpaired) electrons. The molecule has 0 bridgehead atoms. The van der Waals surface area contributed by atoms with E-state index < -0.39 is 0 Å². The molecule has 0 spiro atoms. The highest BCUT2D eigenvalue weighted by Gasteiger charge is 2.35. The number of rotatable bonds is 4. The Bertz CT molecular complexity index is 858. The van der Waals surface area contributed by atoms with Crippen molar-refractivity contribution in [1.29, 1.82) is 0 Å². The number of carbonyl (C=O) groups is 1. The van der Waals surface area contributed by atoms with Crippen LogP contribution in [-0.4, -0.2) is 24.2 Å². The smallest absolute Gasteiger partial charge is 0.271 e. The number of halogens is 1. The van der Waals surface area contributed by atoms with Crippen LogP contribution in [0.25, 0.3) is 0 Å². The summed E-state index contributed by atoms with van der Waals surface area (Å²) < 4.78 is 12.9. The van der Waals surface area contributed by atoms with Crippen molar-refractivity contribution in [3.63, 3.8) is 0 Å². The summed E-state index contributed by atoms with van der Waals surface area (Å²) in [5.41, 5.74) is 6.52. The Kier molecular flexibility index (Phi) is 5.31. The van der Waals surface area contributed by atoms with E-state index in [2.05, 4.69) is 55.3 Å². The Morgan fingerprint density at radius 3 is 2.67 bits per heavy atom. The fourth-order valence-corrected chi connectivity index (χ4v) is 4.02. The minimum Gasteiger partial charge on any atom is -0.366 e. The minimum absolute atomic E-state index is 0.139. The van der Waals surface area contributed by atoms with Crippen LogP contribution in [-0.2, 0) is 0 Å². The summed E-state index contributed by atoms with van der Waals surface area (Å²) in [5.74, 6) is -0.279. The Balaban J connectivity index is 1.75. The van der Waals surface area contributed by atoms with Crippen LogP contribution in [0.5, 0.6) is 0 Å². The van der Waals surface area contributed by atoms with E-state index in [0.717, 1.165) is 18.5 Å². The maximum atomic E-state index is 12.9. The maximum absolute atomic E-state index is 12.9. The van der Waals surface area contributed by atoms with Gasteiger partial charge in [0.25, 0.3) is 5.91 Å². The van der Waals surface area contributed by atoms with Gasteiger partial charge in [-0.15, -0.1) is 0 Å². The van der Waals surface area contributed by atoms with E-state index in [1.807, 2.05) is 6.07 Å². The average Bonchev–Trinajstić information content (AvgIpc) is 2.62. The molecule has 3 rings (SSSR count). The van der Waals surface area contributed by atoms with Crippen LogP contribution in [0.3, 0.4) is 0 Å². The molecular formula is C22H26FN3O. The molecule has 0 saturated carbocycles. The van der Waals surface area contributed by atoms with Crippen LogP contribution < -0.4 is 10.3 Å². The third-order valence-electron chi connectivity index (χ3n) is 5.21. The first kappa shape index (κ1) is 19.1. The van der Waals surface area contributed by atoms with E-state index in [1.54, 1.807) is 6.21 Å². The van der Waals surface area contributed by atoms with Crippen LogP contribution in [0.15, 0.2) is 47.6 Å². The number of fused-ring (bicyclic) bond motifs is 1. The van der Waals surface area contributed by atoms with Crippen LogP contribution in [0.1, 0.15) is 61.5 Å². The Hall–Kier alpha value is -2.69. The quantitative estimate of drug-likeness (QED) is 0.629. The molecule has 1 atom stereocenters. The number of benzene rings is 2. The lowest BCUT2D eigenvalue weighted by molar-refractivity contribution is 0.0955. The predicted molar refractivity (Wildman–Crippen MR) is 108 cm³/mol. The van der Waals surface area contributed by atoms with Gasteiger partial charge in [-0.2, -0.15) is 5.10 Å². The summed E-state index contributed by atoms with van der Waals surface area (Å²) in [4.78, 5) is 14.5. The molecule has 2 aromatic rings. The molecule has 0 saturated heterocycles. The van der Waals surface area contributed by atoms with Crippen LogP contribution in [0.2, 0.25) is 0 Å². The van der Waals surface area contributed by atoms with Gasteiger partial charge in [0.1, 0.15) is 5.82 Å². The van der Waals surface area contributed by atoms with Gasteiger partial charge in [0.05, 0.1) is 6.21 Å². The molecule has 0 fully saturated rings. The van der Waals surface area contributed by atoms with E-state index in [1.165, 1.54) is 35.5 Å². The third kappa shape index (κ3) is 4.02. The van der Waals surface area contributed by atoms with E-state index in [-0.39, 0.29) is 17.3 Å². The zero-order chi connectivity index (χ0) is 19.6. The molecule has 1 N–H and O–H groups in total. The lowest BCUT2D eigenvalue weighted by atomic mass is 9.79. The van der Waals surface area contributed by atoms with Crippen molar-refractivity contribution in [1.82, 2.24) is 5.43 Å². The Labute approximate surface area is 160 Å². The monoisotopic (exact) mass is 367 g/mol. The molecule has 1 amide bonds. The second-order valence-corrected chi connectivity index (χ2v) is 7.69. The van der Waals surface area contributed by atoms with Gasteiger partial charge in [0.15, 0.2) is 0 Å². The predicted octanol–water partition coefficient (Wildman–Crippen LogP) is 4.70. The number of hydrogen-bond donors (Lipinski definition) is 1. The van der Waals surface area contributed by atoms with Gasteiger partial charge >= 0.3 is 0 Å². The number of hydrazone groups is 1. The third-order valence-corrected chi connectivity index (χ3v) is 5.21. The van der Waals surface area contributed by atoms with Gasteiger partial charge in [-0.25, -0.2) is 9.82 Å². The highest BCUT2D eigenvalue weighted by molar-refractivity contribution is 5.94. The van der Waals surface area contributed by atoms with E-state index >= 15 is 0 Å². The second-order valence-electron chi connectivity index (χ2n) is 7.69. The Morgan fingerprint density at radius 1 is 1.30 bits per heavy atom. The van der Waals surface area contributed by atoms with Gasteiger partial charge in [-0.3, -0.25) is 4.79 Å². The summed E-state index contributed by atoms with van der Waals surface area (Å²) in [6.07, 6.45) is 2.74. The normalized spacial score (nSPS) is 18.4. The van der Waals surface area contributed by atoms with Crippen molar-refractivity contribution in [3.05, 3.63) is 65.0 Å². The highest BCUT2D eigenvalue weighted by atomic mass is 19.1. The topological polar surface area (TPSA) is 44.7 Å². The van der Waals surface area contributed by atoms with Crippen molar-refractivity contribution in [3.8, 4) is 0 Å². The van der Waals surface area contributed by atoms with Gasteiger partial charge in [-0.1, -0.05) is 13.0 Å². The number of anilines is 1. The Morgan fingerprint density at radius 2 is 2.00 bits per heavy atom. The van der Waals surface area contributed by atoms with Crippen LogP contribution in [0.4, 0.5) is 10.1 Å². The number of nitrogens with one attached hydrogen (secondary N) is 1. The zero-order valence-electron chi connectivity index (χ0n) is 16.3. The number of amides is 1. The molecule has 1 unspecified atom stereocenters. The first-order valence-corrected chi connectivity index (χ1v) is 9.32. The van der Waals surface area contributed by atoms with Gasteiger partial charge < -0.3 is 4.90 Å². The fourth-order valence-electron chi connectivity index (χ4n) is 4.02. The van der Waals surface area contributed by atoms with Crippen molar-refractivity contribution >= 4 is 17.8 Å². The van der Waals surface area contributed by atoms with Crippen LogP contribution in [0, 0.1) is 5.82 Å². The van der Waals surface area contributed by atoms with Gasteiger partial charge in [-0.05, 0) is 80.6 Å². The minimum atomic E-state index is -0.373. The number of nitrogens with zero attached hydrogens (tertiary/aromatic N) is 2. The lowest BCUT2D eigenvalue weighted by Crippen LogP contribution is -2.48. The summed E-state index contributed by atoms with van der Waals surface area (Å²) in [7, 11) is 0. The summed E-state index contributed by atoms with van der Waals surface area (Å²) in [5, 5.41) is 4.05. The lowest BCUT2D eigenvalue weighted by Gasteiger charge is -2.47. The fraction of sp³-hybridized carbons (Fsp3) is 0.364. The van der Waals surface area contributed by atoms with E-state index in [0.29, 0.717) is 11.5 Å². The molecule has 1 aliphatic heterocycles. The molecule has 2 aromatic carbocycles. The number of carbonyl (C=O) groups excluding carboxylic acids is 1.